The molecule has 0 atom stereocenters. The fraction of sp³-hybridized carbons (Fsp3) is 0.250. The van der Waals surface area contributed by atoms with Crippen LogP contribution in [0.2, 0.25) is 0 Å². The van der Waals surface area contributed by atoms with Gasteiger partial charge in [0.05, 0.1) is 7.11 Å². The molecule has 0 saturated heterocycles. The molecule has 2 nitrogen and oxygen atoms in total. The van der Waals surface area contributed by atoms with Crippen LogP contribution in [-0.2, 0) is 6.54 Å². The van der Waals surface area contributed by atoms with Crippen molar-refractivity contribution in [3.8, 4) is 5.75 Å². The minimum absolute atomic E-state index is 0.898. The van der Waals surface area contributed by atoms with Crippen molar-refractivity contribution in [3.05, 3.63) is 54.1 Å². The summed E-state index contributed by atoms with van der Waals surface area (Å²) in [5, 5.41) is 0. The van der Waals surface area contributed by atoms with Crippen LogP contribution in [0.4, 0.5) is 0 Å². The van der Waals surface area contributed by atoms with E-state index >= 15 is 0 Å². The van der Waals surface area contributed by atoms with Crippen molar-refractivity contribution < 1.29 is 4.74 Å². The summed E-state index contributed by atoms with van der Waals surface area (Å²) in [5.74, 6) is 0.898. The molecule has 0 aliphatic rings. The van der Waals surface area contributed by atoms with E-state index in [1.54, 1.807) is 18.9 Å². The molecule has 0 fully saturated rings. The molecule has 0 aliphatic carbocycles. The first-order chi connectivity index (χ1) is 9.17. The molecular weight excluding hydrogens is 254 g/mol. The topological polar surface area (TPSA) is 12.5 Å². The van der Waals surface area contributed by atoms with Crippen molar-refractivity contribution in [1.29, 1.82) is 0 Å². The number of hydrogen-bond donors (Lipinski definition) is 0. The van der Waals surface area contributed by atoms with Gasteiger partial charge in [-0.25, -0.2) is 0 Å². The fourth-order valence-electron chi connectivity index (χ4n) is 1.87. The molecule has 0 radical (unpaired) electrons. The van der Waals surface area contributed by atoms with Gasteiger partial charge in [0, 0.05) is 16.3 Å². The molecule has 0 aromatic heterocycles. The second-order valence-electron chi connectivity index (χ2n) is 4.67. The third-order valence-corrected chi connectivity index (χ3v) is 3.65. The average molecular weight is 273 g/mol. The quantitative estimate of drug-likeness (QED) is 0.819. The Kier molecular flexibility index (Phi) is 4.88. The van der Waals surface area contributed by atoms with Crippen LogP contribution < -0.4 is 4.74 Å². The highest BCUT2D eigenvalue weighted by Crippen LogP contribution is 2.30. The summed E-state index contributed by atoms with van der Waals surface area (Å²) in [6, 6.07) is 16.8. The van der Waals surface area contributed by atoms with Gasteiger partial charge in [0.1, 0.15) is 5.75 Å². The first-order valence-electron chi connectivity index (χ1n) is 6.23. The zero-order valence-corrected chi connectivity index (χ0v) is 12.4. The van der Waals surface area contributed by atoms with Gasteiger partial charge < -0.3 is 9.64 Å². The molecule has 0 amide bonds. The van der Waals surface area contributed by atoms with Crippen molar-refractivity contribution in [2.75, 3.05) is 21.2 Å². The standard InChI is InChI=1S/C16H19NOS/c1-17(2)12-13-6-4-8-15(10-13)19-16-9-5-7-14(11-16)18-3/h4-11H,12H2,1-3H3. The maximum atomic E-state index is 5.25. The number of benzene rings is 2. The Hall–Kier alpha value is -1.45. The second-order valence-corrected chi connectivity index (χ2v) is 5.81. The van der Waals surface area contributed by atoms with E-state index in [2.05, 4.69) is 55.4 Å². The summed E-state index contributed by atoms with van der Waals surface area (Å²) in [6.07, 6.45) is 0. The fourth-order valence-corrected chi connectivity index (χ4v) is 2.82. The van der Waals surface area contributed by atoms with E-state index in [1.165, 1.54) is 15.4 Å². The highest BCUT2D eigenvalue weighted by Gasteiger charge is 2.01. The first kappa shape index (κ1) is 14.0. The van der Waals surface area contributed by atoms with Crippen molar-refractivity contribution >= 4 is 11.8 Å². The third kappa shape index (κ3) is 4.30. The molecule has 2 rings (SSSR count). The van der Waals surface area contributed by atoms with Crippen LogP contribution in [-0.4, -0.2) is 26.1 Å². The molecule has 0 aliphatic heterocycles. The maximum Gasteiger partial charge on any atom is 0.119 e. The van der Waals surface area contributed by atoms with Gasteiger partial charge in [0.25, 0.3) is 0 Å². The average Bonchev–Trinajstić information content (AvgIpc) is 2.38. The lowest BCUT2D eigenvalue weighted by atomic mass is 10.2. The summed E-state index contributed by atoms with van der Waals surface area (Å²) in [6.45, 7) is 0.965. The largest absolute Gasteiger partial charge is 0.497 e. The summed E-state index contributed by atoms with van der Waals surface area (Å²) < 4.78 is 5.25. The van der Waals surface area contributed by atoms with Crippen LogP contribution in [0.3, 0.4) is 0 Å². The van der Waals surface area contributed by atoms with Crippen molar-refractivity contribution in [3.63, 3.8) is 0 Å². The van der Waals surface area contributed by atoms with Crippen LogP contribution in [0, 0.1) is 0 Å². The number of nitrogens with zero attached hydrogens (tertiary/aromatic N) is 1. The van der Waals surface area contributed by atoms with Gasteiger partial charge in [-0.2, -0.15) is 0 Å². The summed E-state index contributed by atoms with van der Waals surface area (Å²) in [7, 11) is 5.87. The molecule has 100 valence electrons. The molecule has 2 aromatic rings. The van der Waals surface area contributed by atoms with Crippen LogP contribution in [0.25, 0.3) is 0 Å². The highest BCUT2D eigenvalue weighted by atomic mass is 32.2. The Morgan fingerprint density at radius 3 is 2.37 bits per heavy atom. The summed E-state index contributed by atoms with van der Waals surface area (Å²) in [4.78, 5) is 4.63. The predicted octanol–water partition coefficient (Wildman–Crippen LogP) is 3.91. The lowest BCUT2D eigenvalue weighted by Crippen LogP contribution is -2.10. The van der Waals surface area contributed by atoms with Crippen molar-refractivity contribution in [2.45, 2.75) is 16.3 Å². The minimum Gasteiger partial charge on any atom is -0.497 e. The highest BCUT2D eigenvalue weighted by molar-refractivity contribution is 7.99. The van der Waals surface area contributed by atoms with Gasteiger partial charge in [-0.15, -0.1) is 0 Å². The lowest BCUT2D eigenvalue weighted by Gasteiger charge is -2.11. The Labute approximate surface area is 119 Å². The van der Waals surface area contributed by atoms with E-state index < -0.39 is 0 Å². The molecule has 3 heteroatoms. The zero-order valence-electron chi connectivity index (χ0n) is 11.6. The van der Waals surface area contributed by atoms with Crippen LogP contribution in [0.5, 0.6) is 5.75 Å². The SMILES string of the molecule is COc1cccc(Sc2cccc(CN(C)C)c2)c1. The number of ether oxygens (including phenoxy) is 1. The molecule has 0 spiro atoms. The van der Waals surface area contributed by atoms with Crippen LogP contribution in [0.15, 0.2) is 58.3 Å². The van der Waals surface area contributed by atoms with E-state index in [9.17, 15) is 0 Å². The third-order valence-electron chi connectivity index (χ3n) is 2.67. The Morgan fingerprint density at radius 2 is 1.68 bits per heavy atom. The van der Waals surface area contributed by atoms with Gasteiger partial charge >= 0.3 is 0 Å². The van der Waals surface area contributed by atoms with Gasteiger partial charge in [-0.1, -0.05) is 30.0 Å². The molecule has 0 heterocycles. The first-order valence-corrected chi connectivity index (χ1v) is 7.04. The normalized spacial score (nSPS) is 10.7. The maximum absolute atomic E-state index is 5.25. The number of hydrogen-bond acceptors (Lipinski definition) is 3. The van der Waals surface area contributed by atoms with E-state index in [1.807, 2.05) is 12.1 Å². The zero-order chi connectivity index (χ0) is 13.7. The summed E-state index contributed by atoms with van der Waals surface area (Å²) >= 11 is 1.76. The Morgan fingerprint density at radius 1 is 1.00 bits per heavy atom. The Bertz CT molecular complexity index is 540. The smallest absolute Gasteiger partial charge is 0.119 e. The molecule has 0 bridgehead atoms. The lowest BCUT2D eigenvalue weighted by molar-refractivity contribution is 0.402. The van der Waals surface area contributed by atoms with E-state index in [4.69, 9.17) is 4.74 Å². The van der Waals surface area contributed by atoms with Crippen molar-refractivity contribution in [2.24, 2.45) is 0 Å². The van der Waals surface area contributed by atoms with Gasteiger partial charge in [-0.3, -0.25) is 0 Å². The number of rotatable bonds is 5. The van der Waals surface area contributed by atoms with Crippen LogP contribution >= 0.6 is 11.8 Å². The summed E-state index contributed by atoms with van der Waals surface area (Å²) in [5.41, 5.74) is 1.33. The molecule has 0 N–H and O–H groups in total. The molecule has 2 aromatic carbocycles. The van der Waals surface area contributed by atoms with E-state index in [0.717, 1.165) is 12.3 Å². The van der Waals surface area contributed by atoms with Crippen molar-refractivity contribution in [1.82, 2.24) is 4.90 Å². The van der Waals surface area contributed by atoms with E-state index in [-0.39, 0.29) is 0 Å². The molecule has 19 heavy (non-hydrogen) atoms. The predicted molar refractivity (Wildman–Crippen MR) is 81.0 cm³/mol. The molecular formula is C16H19NOS. The van der Waals surface area contributed by atoms with E-state index in [0.29, 0.717) is 0 Å². The Balaban J connectivity index is 2.13. The van der Waals surface area contributed by atoms with Gasteiger partial charge in [-0.05, 0) is 50.0 Å². The number of methoxy groups -OCH3 is 1. The van der Waals surface area contributed by atoms with Gasteiger partial charge in [0.2, 0.25) is 0 Å². The minimum atomic E-state index is 0.898. The van der Waals surface area contributed by atoms with Gasteiger partial charge in [0.15, 0.2) is 0 Å². The molecule has 0 saturated carbocycles. The van der Waals surface area contributed by atoms with Crippen LogP contribution in [0.1, 0.15) is 5.56 Å². The second kappa shape index (κ2) is 6.64. The monoisotopic (exact) mass is 273 g/mol. The molecule has 0 unspecified atom stereocenters.